The van der Waals surface area contributed by atoms with Crippen LogP contribution in [0.2, 0.25) is 0 Å². The number of H-pyrrole nitrogens is 1. The molecule has 0 aliphatic heterocycles. The fourth-order valence-corrected chi connectivity index (χ4v) is 1.57. The van der Waals surface area contributed by atoms with E-state index < -0.39 is 5.97 Å². The third-order valence-corrected chi connectivity index (χ3v) is 2.39. The van der Waals surface area contributed by atoms with Crippen LogP contribution in [0.1, 0.15) is 17.4 Å². The lowest BCUT2D eigenvalue weighted by atomic mass is 10.2. The van der Waals surface area contributed by atoms with Crippen molar-refractivity contribution < 1.29 is 14.3 Å². The first-order chi connectivity index (χ1) is 8.76. The van der Waals surface area contributed by atoms with Gasteiger partial charge in [0.25, 0.3) is 0 Å². The van der Waals surface area contributed by atoms with Gasteiger partial charge >= 0.3 is 5.97 Å². The first kappa shape index (κ1) is 12.2. The van der Waals surface area contributed by atoms with E-state index in [-0.39, 0.29) is 11.6 Å². The number of aromatic amines is 1. The average Bonchev–Trinajstić information content (AvgIpc) is 2.83. The van der Waals surface area contributed by atoms with E-state index in [2.05, 4.69) is 14.7 Å². The Morgan fingerprint density at radius 3 is 2.67 bits per heavy atom. The Morgan fingerprint density at radius 2 is 2.06 bits per heavy atom. The molecule has 0 bridgehead atoms. The SMILES string of the molecule is CCOc1nc(-c2ccccc2)[nH]c1C(=O)OC. The summed E-state index contributed by atoms with van der Waals surface area (Å²) in [5.74, 6) is 0.357. The van der Waals surface area contributed by atoms with Crippen molar-refractivity contribution in [3.05, 3.63) is 36.0 Å². The number of carbonyl (C=O) groups excluding carboxylic acids is 1. The van der Waals surface area contributed by atoms with Crippen LogP contribution in [0, 0.1) is 0 Å². The molecule has 2 rings (SSSR count). The highest BCUT2D eigenvalue weighted by atomic mass is 16.5. The van der Waals surface area contributed by atoms with Gasteiger partial charge in [-0.3, -0.25) is 0 Å². The molecular weight excluding hydrogens is 232 g/mol. The van der Waals surface area contributed by atoms with Crippen LogP contribution in [0.3, 0.4) is 0 Å². The van der Waals surface area contributed by atoms with Crippen molar-refractivity contribution in [2.24, 2.45) is 0 Å². The molecular formula is C13H14N2O3. The Kier molecular flexibility index (Phi) is 3.62. The van der Waals surface area contributed by atoms with Gasteiger partial charge in [0.1, 0.15) is 5.82 Å². The fraction of sp³-hybridized carbons (Fsp3) is 0.231. The number of nitrogens with zero attached hydrogens (tertiary/aromatic N) is 1. The zero-order valence-corrected chi connectivity index (χ0v) is 10.3. The van der Waals surface area contributed by atoms with E-state index in [1.165, 1.54) is 7.11 Å². The summed E-state index contributed by atoms with van der Waals surface area (Å²) in [4.78, 5) is 18.8. The maximum absolute atomic E-state index is 11.6. The molecule has 0 amide bonds. The number of benzene rings is 1. The lowest BCUT2D eigenvalue weighted by molar-refractivity contribution is 0.0590. The van der Waals surface area contributed by atoms with Gasteiger partial charge in [-0.25, -0.2) is 4.79 Å². The minimum Gasteiger partial charge on any atom is -0.476 e. The lowest BCUT2D eigenvalue weighted by Crippen LogP contribution is -2.05. The van der Waals surface area contributed by atoms with Crippen LogP contribution in [0.25, 0.3) is 11.4 Å². The normalized spacial score (nSPS) is 10.1. The maximum atomic E-state index is 11.6. The van der Waals surface area contributed by atoms with Crippen molar-refractivity contribution in [2.75, 3.05) is 13.7 Å². The average molecular weight is 246 g/mol. The number of ether oxygens (including phenoxy) is 2. The molecule has 2 aromatic rings. The van der Waals surface area contributed by atoms with Gasteiger partial charge in [-0.1, -0.05) is 30.3 Å². The summed E-state index contributed by atoms with van der Waals surface area (Å²) in [7, 11) is 1.32. The fourth-order valence-electron chi connectivity index (χ4n) is 1.57. The lowest BCUT2D eigenvalue weighted by Gasteiger charge is -2.00. The second kappa shape index (κ2) is 5.35. The number of carbonyl (C=O) groups is 1. The highest BCUT2D eigenvalue weighted by Gasteiger charge is 2.19. The van der Waals surface area contributed by atoms with Gasteiger partial charge in [0, 0.05) is 5.56 Å². The first-order valence-corrected chi connectivity index (χ1v) is 5.62. The highest BCUT2D eigenvalue weighted by molar-refractivity contribution is 5.90. The van der Waals surface area contributed by atoms with Crippen molar-refractivity contribution in [2.45, 2.75) is 6.92 Å². The Labute approximate surface area is 105 Å². The van der Waals surface area contributed by atoms with Crippen LogP contribution in [0.4, 0.5) is 0 Å². The predicted octanol–water partition coefficient (Wildman–Crippen LogP) is 2.26. The number of aromatic nitrogens is 2. The third kappa shape index (κ3) is 2.34. The summed E-state index contributed by atoms with van der Waals surface area (Å²) in [5.41, 5.74) is 1.12. The quantitative estimate of drug-likeness (QED) is 0.840. The number of hydrogen-bond acceptors (Lipinski definition) is 4. The molecule has 0 saturated heterocycles. The minimum absolute atomic E-state index is 0.234. The second-order valence-corrected chi connectivity index (χ2v) is 3.56. The standard InChI is InChI=1S/C13H14N2O3/c1-3-18-12-10(13(16)17-2)14-11(15-12)9-7-5-4-6-8-9/h4-8H,3H2,1-2H3,(H,14,15). The summed E-state index contributed by atoms with van der Waals surface area (Å²) in [6.45, 7) is 2.26. The molecule has 1 aromatic heterocycles. The van der Waals surface area contributed by atoms with E-state index in [9.17, 15) is 4.79 Å². The van der Waals surface area contributed by atoms with E-state index >= 15 is 0 Å². The molecule has 0 fully saturated rings. The Morgan fingerprint density at radius 1 is 1.33 bits per heavy atom. The van der Waals surface area contributed by atoms with Crippen molar-refractivity contribution in [1.82, 2.24) is 9.97 Å². The molecule has 5 heteroatoms. The van der Waals surface area contributed by atoms with Gasteiger partial charge in [0.05, 0.1) is 13.7 Å². The Hall–Kier alpha value is -2.30. The van der Waals surface area contributed by atoms with Gasteiger partial charge in [-0.05, 0) is 6.92 Å². The number of imidazole rings is 1. The van der Waals surface area contributed by atoms with E-state index in [1.807, 2.05) is 37.3 Å². The van der Waals surface area contributed by atoms with E-state index in [0.29, 0.717) is 12.4 Å². The molecule has 5 nitrogen and oxygen atoms in total. The number of hydrogen-bond donors (Lipinski definition) is 1. The van der Waals surface area contributed by atoms with E-state index in [4.69, 9.17) is 4.74 Å². The molecule has 1 heterocycles. The summed E-state index contributed by atoms with van der Waals surface area (Å²) in [5, 5.41) is 0. The Bertz CT molecular complexity index is 534. The monoisotopic (exact) mass is 246 g/mol. The van der Waals surface area contributed by atoms with Gasteiger partial charge in [-0.2, -0.15) is 4.98 Å². The highest BCUT2D eigenvalue weighted by Crippen LogP contribution is 2.23. The molecule has 0 radical (unpaired) electrons. The molecule has 0 atom stereocenters. The van der Waals surface area contributed by atoms with E-state index in [1.54, 1.807) is 0 Å². The summed E-state index contributed by atoms with van der Waals surface area (Å²) in [6.07, 6.45) is 0. The van der Waals surface area contributed by atoms with Gasteiger partial charge in [0.15, 0.2) is 5.69 Å². The second-order valence-electron chi connectivity index (χ2n) is 3.56. The van der Waals surface area contributed by atoms with Crippen molar-refractivity contribution in [3.8, 4) is 17.3 Å². The maximum Gasteiger partial charge on any atom is 0.360 e. The molecule has 0 spiro atoms. The van der Waals surface area contributed by atoms with Crippen LogP contribution < -0.4 is 4.74 Å². The number of rotatable bonds is 4. The molecule has 18 heavy (non-hydrogen) atoms. The van der Waals surface area contributed by atoms with Crippen LogP contribution in [-0.2, 0) is 4.74 Å². The molecule has 0 aliphatic carbocycles. The van der Waals surface area contributed by atoms with Crippen LogP contribution in [0.15, 0.2) is 30.3 Å². The smallest absolute Gasteiger partial charge is 0.360 e. The molecule has 1 N–H and O–H groups in total. The van der Waals surface area contributed by atoms with Crippen LogP contribution in [0.5, 0.6) is 5.88 Å². The first-order valence-electron chi connectivity index (χ1n) is 5.62. The minimum atomic E-state index is -0.492. The molecule has 0 aliphatic rings. The largest absolute Gasteiger partial charge is 0.476 e. The van der Waals surface area contributed by atoms with Gasteiger partial charge in [0.2, 0.25) is 5.88 Å². The molecule has 0 saturated carbocycles. The van der Waals surface area contributed by atoms with Gasteiger partial charge in [-0.15, -0.1) is 0 Å². The number of esters is 1. The zero-order valence-electron chi connectivity index (χ0n) is 10.3. The predicted molar refractivity (Wildman–Crippen MR) is 66.5 cm³/mol. The Balaban J connectivity index is 2.42. The van der Waals surface area contributed by atoms with Crippen molar-refractivity contribution in [3.63, 3.8) is 0 Å². The molecule has 94 valence electrons. The summed E-state index contributed by atoms with van der Waals surface area (Å²) in [6, 6.07) is 9.51. The molecule has 1 aromatic carbocycles. The topological polar surface area (TPSA) is 64.2 Å². The number of nitrogens with one attached hydrogen (secondary N) is 1. The van der Waals surface area contributed by atoms with Crippen molar-refractivity contribution >= 4 is 5.97 Å². The number of methoxy groups -OCH3 is 1. The van der Waals surface area contributed by atoms with Crippen molar-refractivity contribution in [1.29, 1.82) is 0 Å². The third-order valence-electron chi connectivity index (χ3n) is 2.39. The van der Waals surface area contributed by atoms with Crippen LogP contribution in [-0.4, -0.2) is 29.7 Å². The zero-order chi connectivity index (χ0) is 13.0. The van der Waals surface area contributed by atoms with Crippen LogP contribution >= 0.6 is 0 Å². The molecule has 0 unspecified atom stereocenters. The summed E-state index contributed by atoms with van der Waals surface area (Å²) >= 11 is 0. The van der Waals surface area contributed by atoms with E-state index in [0.717, 1.165) is 5.56 Å². The summed E-state index contributed by atoms with van der Waals surface area (Å²) < 4.78 is 10.0. The van der Waals surface area contributed by atoms with Gasteiger partial charge < -0.3 is 14.5 Å².